The largest absolute Gasteiger partial charge is 0.504 e. The molecule has 0 aromatic heterocycles. The highest BCUT2D eigenvalue weighted by Gasteiger charge is 2.76. The van der Waals surface area contributed by atoms with Crippen molar-refractivity contribution >= 4 is 62.8 Å². The van der Waals surface area contributed by atoms with Gasteiger partial charge in [-0.05, 0) is 50.2 Å². The first kappa shape index (κ1) is 32.6. The molecule has 3 heterocycles. The van der Waals surface area contributed by atoms with Gasteiger partial charge in [-0.15, -0.1) is 23.2 Å². The average Bonchev–Trinajstić information content (AvgIpc) is 3.41. The van der Waals surface area contributed by atoms with Gasteiger partial charge in [0.15, 0.2) is 21.2 Å². The summed E-state index contributed by atoms with van der Waals surface area (Å²) in [5, 5.41) is 11.5. The lowest BCUT2D eigenvalue weighted by atomic mass is 9.56. The van der Waals surface area contributed by atoms with Crippen molar-refractivity contribution in [1.82, 2.24) is 14.7 Å². The molecule has 0 radical (unpaired) electrons. The Labute approximate surface area is 291 Å². The summed E-state index contributed by atoms with van der Waals surface area (Å²) in [7, 11) is 0. The van der Waals surface area contributed by atoms with E-state index < -0.39 is 45.2 Å². The monoisotopic (exact) mass is 743 g/mol. The van der Waals surface area contributed by atoms with E-state index in [1.807, 2.05) is 24.3 Å². The zero-order chi connectivity index (χ0) is 33.2. The van der Waals surface area contributed by atoms with Crippen molar-refractivity contribution < 1.29 is 29.0 Å². The van der Waals surface area contributed by atoms with Crippen LogP contribution in [0.2, 0.25) is 0 Å². The van der Waals surface area contributed by atoms with Crippen LogP contribution in [0, 0.1) is 17.8 Å². The van der Waals surface area contributed by atoms with Crippen LogP contribution >= 0.6 is 39.1 Å². The zero-order valence-corrected chi connectivity index (χ0v) is 29.0. The molecule has 0 spiro atoms. The van der Waals surface area contributed by atoms with Crippen LogP contribution in [0.3, 0.4) is 0 Å². The van der Waals surface area contributed by atoms with Crippen molar-refractivity contribution in [3.8, 4) is 11.5 Å². The molecule has 3 saturated heterocycles. The summed E-state index contributed by atoms with van der Waals surface area (Å²) in [4.78, 5) is 57.2. The van der Waals surface area contributed by atoms with Gasteiger partial charge in [0.25, 0.3) is 11.8 Å². The molecule has 2 aromatic rings. The molecule has 12 heteroatoms. The summed E-state index contributed by atoms with van der Waals surface area (Å²) in [6.07, 6.45) is 3.42. The smallest absolute Gasteiger partial charge is 0.254 e. The Hall–Kier alpha value is -2.92. The predicted molar refractivity (Wildman–Crippen MR) is 179 cm³/mol. The number of fused-ring (bicyclic) bond motifs is 4. The topological polar surface area (TPSA) is 107 Å². The van der Waals surface area contributed by atoms with Gasteiger partial charge in [0, 0.05) is 37.2 Å². The van der Waals surface area contributed by atoms with E-state index in [4.69, 9.17) is 27.9 Å². The van der Waals surface area contributed by atoms with Crippen molar-refractivity contribution in [1.29, 1.82) is 0 Å². The first-order valence-corrected chi connectivity index (χ1v) is 18.0. The molecule has 47 heavy (non-hydrogen) atoms. The van der Waals surface area contributed by atoms with E-state index >= 15 is 0 Å². The number of hydrogen-bond acceptors (Lipinski definition) is 7. The van der Waals surface area contributed by atoms with Crippen LogP contribution in [-0.4, -0.2) is 84.4 Å². The third-order valence-corrected chi connectivity index (χ3v) is 12.8. The third-order valence-electron chi connectivity index (χ3n) is 10.9. The van der Waals surface area contributed by atoms with Gasteiger partial charge in [0.05, 0.1) is 23.9 Å². The summed E-state index contributed by atoms with van der Waals surface area (Å²) < 4.78 is 5.66. The molecular weight excluding hydrogens is 709 g/mol. The summed E-state index contributed by atoms with van der Waals surface area (Å²) in [6.45, 7) is 4.40. The van der Waals surface area contributed by atoms with Gasteiger partial charge in [0.2, 0.25) is 11.8 Å². The second-order valence-electron chi connectivity index (χ2n) is 13.2. The first-order chi connectivity index (χ1) is 22.6. The van der Waals surface area contributed by atoms with Gasteiger partial charge in [-0.3, -0.25) is 33.9 Å². The number of hydrogen-bond donors (Lipinski definition) is 1. The Morgan fingerprint density at radius 1 is 0.957 bits per heavy atom. The Balaban J connectivity index is 1.23. The minimum absolute atomic E-state index is 0.0933. The number of nitrogens with zero attached hydrogens (tertiary/aromatic N) is 3. The molecule has 2 aromatic carbocycles. The number of alkyl halides is 3. The second-order valence-corrected chi connectivity index (χ2v) is 14.9. The van der Waals surface area contributed by atoms with Gasteiger partial charge in [0.1, 0.15) is 0 Å². The van der Waals surface area contributed by atoms with Crippen LogP contribution in [0.15, 0.2) is 60.2 Å². The number of halogens is 3. The molecule has 2 aliphatic carbocycles. The van der Waals surface area contributed by atoms with E-state index in [2.05, 4.69) is 33.0 Å². The standard InChI is InChI=1S/C35H36BrCl2N3O6/c1-2-47-26-10-6-9-24(29(26)42)28-22-11-12-23-27(25(22)17-34(37)32(45)40(19-36)33(46)35(28,34)38)31(44)41(30(23)43)21-13-15-39(16-14-21)18-20-7-4-3-5-8-20/h3-11,21,23,25,27-28,42H,2,12-19H2,1H3/t23-,25+,27-,28+,34+,35-/m0/s1. The lowest BCUT2D eigenvalue weighted by Gasteiger charge is -2.50. The maximum Gasteiger partial charge on any atom is 0.254 e. The number of carbonyl (C=O) groups is 4. The number of phenols is 1. The van der Waals surface area contributed by atoms with Crippen LogP contribution in [0.1, 0.15) is 49.7 Å². The minimum Gasteiger partial charge on any atom is -0.504 e. The fraction of sp³-hybridized carbons (Fsp3) is 0.486. The number of likely N-dealkylation sites (tertiary alicyclic amines) is 3. The Morgan fingerprint density at radius 2 is 1.68 bits per heavy atom. The van der Waals surface area contributed by atoms with Crippen LogP contribution < -0.4 is 4.74 Å². The molecule has 4 amide bonds. The van der Waals surface area contributed by atoms with E-state index in [-0.39, 0.29) is 59.8 Å². The van der Waals surface area contributed by atoms with Crippen LogP contribution in [-0.2, 0) is 25.7 Å². The van der Waals surface area contributed by atoms with Crippen molar-refractivity contribution in [2.24, 2.45) is 17.8 Å². The summed E-state index contributed by atoms with van der Waals surface area (Å²) >= 11 is 17.9. The van der Waals surface area contributed by atoms with Crippen LogP contribution in [0.4, 0.5) is 0 Å². The molecule has 7 rings (SSSR count). The van der Waals surface area contributed by atoms with E-state index in [0.29, 0.717) is 18.4 Å². The summed E-state index contributed by atoms with van der Waals surface area (Å²) in [5.74, 6) is -4.89. The minimum atomic E-state index is -1.99. The second kappa shape index (κ2) is 12.2. The van der Waals surface area contributed by atoms with Gasteiger partial charge >= 0.3 is 0 Å². The number of phenolic OH excluding ortho intramolecular Hbond substituents is 1. The molecular formula is C35H36BrCl2N3O6. The molecule has 5 aliphatic rings. The van der Waals surface area contributed by atoms with Gasteiger partial charge in [-0.2, -0.15) is 0 Å². The molecule has 9 nitrogen and oxygen atoms in total. The molecule has 6 atom stereocenters. The highest BCUT2D eigenvalue weighted by atomic mass is 79.9. The number of allylic oxidation sites excluding steroid dienone is 2. The van der Waals surface area contributed by atoms with Crippen molar-refractivity contribution in [3.05, 3.63) is 71.3 Å². The zero-order valence-electron chi connectivity index (χ0n) is 25.9. The number of aromatic hydroxyl groups is 1. The number of ether oxygens (including phenoxy) is 1. The predicted octanol–water partition coefficient (Wildman–Crippen LogP) is 5.17. The number of benzene rings is 2. The maximum absolute atomic E-state index is 14.4. The van der Waals surface area contributed by atoms with Crippen molar-refractivity contribution in [3.63, 3.8) is 0 Å². The van der Waals surface area contributed by atoms with Crippen molar-refractivity contribution in [2.75, 3.05) is 25.2 Å². The highest BCUT2D eigenvalue weighted by molar-refractivity contribution is 9.09. The molecule has 0 unspecified atom stereocenters. The Morgan fingerprint density at radius 3 is 2.36 bits per heavy atom. The summed E-state index contributed by atoms with van der Waals surface area (Å²) in [5.41, 5.74) is 2.02. The van der Waals surface area contributed by atoms with E-state index in [1.165, 1.54) is 10.5 Å². The Bertz CT molecular complexity index is 1670. The number of amides is 4. The van der Waals surface area contributed by atoms with Crippen molar-refractivity contribution in [2.45, 2.75) is 60.9 Å². The van der Waals surface area contributed by atoms with E-state index in [1.54, 1.807) is 25.1 Å². The van der Waals surface area contributed by atoms with Gasteiger partial charge in [-0.1, -0.05) is 70.0 Å². The fourth-order valence-electron chi connectivity index (χ4n) is 8.70. The van der Waals surface area contributed by atoms with Gasteiger partial charge in [-0.25, -0.2) is 0 Å². The molecule has 3 aliphatic heterocycles. The lowest BCUT2D eigenvalue weighted by Crippen LogP contribution is -2.60. The molecule has 248 valence electrons. The first-order valence-electron chi connectivity index (χ1n) is 16.1. The van der Waals surface area contributed by atoms with Gasteiger partial charge < -0.3 is 9.84 Å². The summed E-state index contributed by atoms with van der Waals surface area (Å²) in [6, 6.07) is 14.9. The lowest BCUT2D eigenvalue weighted by molar-refractivity contribution is -0.144. The van der Waals surface area contributed by atoms with E-state index in [9.17, 15) is 24.3 Å². The number of imide groups is 2. The highest BCUT2D eigenvalue weighted by Crippen LogP contribution is 2.66. The number of piperidine rings is 1. The van der Waals surface area contributed by atoms with Crippen LogP contribution in [0.25, 0.3) is 0 Å². The number of rotatable bonds is 7. The number of carbonyl (C=O) groups excluding carboxylic acids is 4. The SMILES string of the molecule is CCOc1cccc([C@H]2C3=CC[C@@H]4C(=O)N(C5CCN(Cc6ccccc6)CC5)C(=O)[C@@H]4[C@@H]3C[C@@]3(Cl)C(=O)N(CBr)C(=O)[C@@]23Cl)c1O. The average molecular weight is 745 g/mol. The van der Waals surface area contributed by atoms with Crippen LogP contribution in [0.5, 0.6) is 11.5 Å². The third kappa shape index (κ3) is 4.80. The quantitative estimate of drug-likeness (QED) is 0.181. The van der Waals surface area contributed by atoms with E-state index in [0.717, 1.165) is 24.5 Å². The fourth-order valence-corrected chi connectivity index (χ4v) is 10.1. The molecule has 4 fully saturated rings. The Kier molecular flexibility index (Phi) is 8.47. The maximum atomic E-state index is 14.4. The molecule has 1 N–H and O–H groups in total. The number of para-hydroxylation sites is 1. The normalized spacial score (nSPS) is 32.7. The molecule has 0 bridgehead atoms. The molecule has 1 saturated carbocycles.